The molecule has 0 saturated carbocycles. The van der Waals surface area contributed by atoms with Crippen LogP contribution < -0.4 is 5.32 Å². The van der Waals surface area contributed by atoms with E-state index in [1.165, 1.54) is 36.6 Å². The van der Waals surface area contributed by atoms with Gasteiger partial charge in [-0.3, -0.25) is 9.69 Å². The van der Waals surface area contributed by atoms with Crippen LogP contribution in [-0.2, 0) is 10.2 Å². The van der Waals surface area contributed by atoms with Gasteiger partial charge >= 0.3 is 0 Å². The minimum absolute atomic E-state index is 0.142. The Labute approximate surface area is 166 Å². The highest BCUT2D eigenvalue weighted by Crippen LogP contribution is 2.45. The smallest absolute Gasteiger partial charge is 0.248 e. The van der Waals surface area contributed by atoms with E-state index in [1.54, 1.807) is 6.08 Å². The van der Waals surface area contributed by atoms with Crippen molar-refractivity contribution in [3.8, 4) is 0 Å². The van der Waals surface area contributed by atoms with Gasteiger partial charge in [0.05, 0.1) is 0 Å². The van der Waals surface area contributed by atoms with Crippen LogP contribution in [0, 0.1) is 0 Å². The van der Waals surface area contributed by atoms with Crippen molar-refractivity contribution in [3.63, 3.8) is 0 Å². The summed E-state index contributed by atoms with van der Waals surface area (Å²) in [6.45, 7) is 6.90. The van der Waals surface area contributed by atoms with E-state index in [9.17, 15) is 4.79 Å². The van der Waals surface area contributed by atoms with Crippen LogP contribution in [0.2, 0.25) is 5.02 Å². The van der Waals surface area contributed by atoms with Gasteiger partial charge in [0, 0.05) is 34.8 Å². The van der Waals surface area contributed by atoms with Crippen LogP contribution in [0.15, 0.2) is 48.5 Å². The number of anilines is 1. The second-order valence-electron chi connectivity index (χ2n) is 8.16. The molecule has 0 aromatic heterocycles. The molecule has 2 aliphatic heterocycles. The van der Waals surface area contributed by atoms with Crippen molar-refractivity contribution in [1.29, 1.82) is 0 Å². The van der Waals surface area contributed by atoms with E-state index in [0.29, 0.717) is 11.1 Å². The van der Waals surface area contributed by atoms with Crippen molar-refractivity contribution in [1.82, 2.24) is 4.90 Å². The Kier molecular flexibility index (Phi) is 4.83. The fourth-order valence-electron chi connectivity index (χ4n) is 4.45. The first-order valence-electron chi connectivity index (χ1n) is 9.56. The number of carbonyl (C=O) groups excluding carboxylic acids is 1. The van der Waals surface area contributed by atoms with Crippen LogP contribution in [0.25, 0.3) is 6.08 Å². The minimum Gasteiger partial charge on any atom is -0.323 e. The van der Waals surface area contributed by atoms with E-state index in [-0.39, 0.29) is 11.3 Å². The highest BCUT2D eigenvalue weighted by molar-refractivity contribution is 6.32. The molecule has 0 aliphatic carbocycles. The maximum atomic E-state index is 12.4. The quantitative estimate of drug-likeness (QED) is 0.721. The zero-order chi connectivity index (χ0) is 19.0. The van der Waals surface area contributed by atoms with Crippen molar-refractivity contribution in [2.24, 2.45) is 0 Å². The Bertz CT molecular complexity index is 903. The average molecular weight is 381 g/mol. The van der Waals surface area contributed by atoms with Gasteiger partial charge in [-0.05, 0) is 60.4 Å². The van der Waals surface area contributed by atoms with Crippen molar-refractivity contribution in [2.75, 3.05) is 18.4 Å². The fourth-order valence-corrected chi connectivity index (χ4v) is 4.65. The molecule has 27 heavy (non-hydrogen) atoms. The highest BCUT2D eigenvalue weighted by Gasteiger charge is 2.39. The summed E-state index contributed by atoms with van der Waals surface area (Å²) in [6, 6.07) is 14.4. The average Bonchev–Trinajstić information content (AvgIpc) is 3.08. The van der Waals surface area contributed by atoms with Gasteiger partial charge in [-0.2, -0.15) is 0 Å². The monoisotopic (exact) mass is 380 g/mol. The molecule has 1 amide bonds. The standard InChI is InChI=1S/C23H25ClN2O/c1-23(2)15-26-13-5-8-21(26)18-14-17(10-11-19(18)23)25-22(27)12-9-16-6-3-4-7-20(16)24/h3-4,6-7,9-12,14,21H,5,8,13,15H2,1-2H3,(H,25,27)/b12-9+. The Hall–Kier alpha value is -2.10. The molecule has 0 bridgehead atoms. The van der Waals surface area contributed by atoms with E-state index >= 15 is 0 Å². The second-order valence-corrected chi connectivity index (χ2v) is 8.57. The van der Waals surface area contributed by atoms with Crippen molar-refractivity contribution < 1.29 is 4.79 Å². The van der Waals surface area contributed by atoms with Crippen LogP contribution in [0.5, 0.6) is 0 Å². The number of carbonyl (C=O) groups is 1. The molecule has 4 rings (SSSR count). The molecule has 2 aromatic carbocycles. The van der Waals surface area contributed by atoms with Crippen LogP contribution in [-0.4, -0.2) is 23.9 Å². The van der Waals surface area contributed by atoms with E-state index < -0.39 is 0 Å². The van der Waals surface area contributed by atoms with Crippen LogP contribution in [0.3, 0.4) is 0 Å². The first-order chi connectivity index (χ1) is 12.9. The summed E-state index contributed by atoms with van der Waals surface area (Å²) >= 11 is 6.14. The Morgan fingerprint density at radius 2 is 2.07 bits per heavy atom. The van der Waals surface area contributed by atoms with Gasteiger partial charge in [-0.25, -0.2) is 0 Å². The maximum absolute atomic E-state index is 12.4. The molecule has 1 fully saturated rings. The Morgan fingerprint density at radius 3 is 2.89 bits per heavy atom. The molecule has 4 heteroatoms. The Morgan fingerprint density at radius 1 is 1.26 bits per heavy atom. The van der Waals surface area contributed by atoms with Crippen LogP contribution in [0.4, 0.5) is 5.69 Å². The lowest BCUT2D eigenvalue weighted by atomic mass is 9.76. The van der Waals surface area contributed by atoms with E-state index in [1.807, 2.05) is 30.3 Å². The van der Waals surface area contributed by atoms with Gasteiger partial charge in [0.15, 0.2) is 0 Å². The van der Waals surface area contributed by atoms with E-state index in [2.05, 4.69) is 36.2 Å². The van der Waals surface area contributed by atoms with Gasteiger partial charge in [0.1, 0.15) is 0 Å². The number of amides is 1. The highest BCUT2D eigenvalue weighted by atomic mass is 35.5. The summed E-state index contributed by atoms with van der Waals surface area (Å²) in [5, 5.41) is 3.64. The molecule has 140 valence electrons. The van der Waals surface area contributed by atoms with Crippen molar-refractivity contribution in [3.05, 3.63) is 70.3 Å². The first kappa shape index (κ1) is 18.3. The topological polar surface area (TPSA) is 32.3 Å². The molecule has 1 unspecified atom stereocenters. The zero-order valence-electron chi connectivity index (χ0n) is 15.8. The van der Waals surface area contributed by atoms with E-state index in [4.69, 9.17) is 11.6 Å². The lowest BCUT2D eigenvalue weighted by Crippen LogP contribution is -2.42. The van der Waals surface area contributed by atoms with Crippen molar-refractivity contribution in [2.45, 2.75) is 38.1 Å². The number of nitrogens with one attached hydrogen (secondary N) is 1. The van der Waals surface area contributed by atoms with E-state index in [0.717, 1.165) is 17.8 Å². The molecule has 0 spiro atoms. The van der Waals surface area contributed by atoms with Gasteiger partial charge < -0.3 is 5.32 Å². The maximum Gasteiger partial charge on any atom is 0.248 e. The molecule has 2 aliphatic rings. The number of rotatable bonds is 3. The third-order valence-electron chi connectivity index (χ3n) is 5.69. The molecule has 2 heterocycles. The predicted octanol–water partition coefficient (Wildman–Crippen LogP) is 5.42. The summed E-state index contributed by atoms with van der Waals surface area (Å²) in [5.41, 5.74) is 4.62. The van der Waals surface area contributed by atoms with Gasteiger partial charge in [0.2, 0.25) is 5.91 Å². The third-order valence-corrected chi connectivity index (χ3v) is 6.03. The lowest BCUT2D eigenvalue weighted by molar-refractivity contribution is -0.111. The first-order valence-corrected chi connectivity index (χ1v) is 9.94. The largest absolute Gasteiger partial charge is 0.323 e. The summed E-state index contributed by atoms with van der Waals surface area (Å²) in [5.74, 6) is -0.145. The SMILES string of the molecule is CC1(C)CN2CCCC2c2cc(NC(=O)/C=C/c3ccccc3Cl)ccc21. The molecule has 1 N–H and O–H groups in total. The van der Waals surface area contributed by atoms with Crippen LogP contribution in [0.1, 0.15) is 49.4 Å². The van der Waals surface area contributed by atoms with Crippen molar-refractivity contribution >= 4 is 29.3 Å². The summed E-state index contributed by atoms with van der Waals surface area (Å²) in [6.07, 6.45) is 5.73. The normalized spacial score (nSPS) is 21.1. The fraction of sp³-hybridized carbons (Fsp3) is 0.348. The molecule has 1 atom stereocenters. The molecule has 3 nitrogen and oxygen atoms in total. The van der Waals surface area contributed by atoms with Gasteiger partial charge in [-0.15, -0.1) is 0 Å². The number of hydrogen-bond donors (Lipinski definition) is 1. The minimum atomic E-state index is -0.145. The molecule has 2 aromatic rings. The van der Waals surface area contributed by atoms with Gasteiger partial charge in [-0.1, -0.05) is 49.7 Å². The Balaban J connectivity index is 1.55. The predicted molar refractivity (Wildman–Crippen MR) is 112 cm³/mol. The number of benzene rings is 2. The summed E-state index contributed by atoms with van der Waals surface area (Å²) in [4.78, 5) is 15.0. The third kappa shape index (κ3) is 3.67. The number of nitrogens with zero attached hydrogens (tertiary/aromatic N) is 1. The molecular weight excluding hydrogens is 356 g/mol. The number of halogens is 1. The number of hydrogen-bond acceptors (Lipinski definition) is 2. The molecular formula is C23H25ClN2O. The summed E-state index contributed by atoms with van der Waals surface area (Å²) in [7, 11) is 0. The van der Waals surface area contributed by atoms with Crippen LogP contribution >= 0.6 is 11.6 Å². The molecule has 0 radical (unpaired) electrons. The lowest BCUT2D eigenvalue weighted by Gasteiger charge is -2.42. The second kappa shape index (κ2) is 7.14. The molecule has 1 saturated heterocycles. The summed E-state index contributed by atoms with van der Waals surface area (Å²) < 4.78 is 0. The van der Waals surface area contributed by atoms with Gasteiger partial charge in [0.25, 0.3) is 0 Å². The zero-order valence-corrected chi connectivity index (χ0v) is 16.6. The number of fused-ring (bicyclic) bond motifs is 3.